The zero-order valence-corrected chi connectivity index (χ0v) is 13.9. The summed E-state index contributed by atoms with van der Waals surface area (Å²) < 4.78 is 10.4. The molecule has 1 unspecified atom stereocenters. The predicted octanol–water partition coefficient (Wildman–Crippen LogP) is 2.92. The summed E-state index contributed by atoms with van der Waals surface area (Å²) in [5.74, 6) is -0.545. The maximum absolute atomic E-state index is 12.3. The first-order valence-electron chi connectivity index (χ1n) is 7.37. The zero-order chi connectivity index (χ0) is 19.3. The van der Waals surface area contributed by atoms with E-state index in [1.54, 1.807) is 6.07 Å². The number of anilines is 1. The minimum atomic E-state index is -1.06. The quantitative estimate of drug-likeness (QED) is 0.592. The van der Waals surface area contributed by atoms with Crippen molar-refractivity contribution >= 4 is 23.0 Å². The van der Waals surface area contributed by atoms with Crippen molar-refractivity contribution in [3.63, 3.8) is 0 Å². The van der Waals surface area contributed by atoms with Gasteiger partial charge in [-0.25, -0.2) is 0 Å². The number of nitro benzene ring substituents is 2. The van der Waals surface area contributed by atoms with Crippen molar-refractivity contribution in [3.05, 3.63) is 62.7 Å². The van der Waals surface area contributed by atoms with E-state index >= 15 is 0 Å². The minimum Gasteiger partial charge on any atom is -0.494 e. The molecule has 10 nitrogen and oxygen atoms in total. The molecule has 0 spiro atoms. The molecule has 136 valence electrons. The number of nitro groups is 2. The smallest absolute Gasteiger partial charge is 0.310 e. The van der Waals surface area contributed by atoms with Gasteiger partial charge in [0.15, 0.2) is 11.9 Å². The van der Waals surface area contributed by atoms with Crippen LogP contribution in [0.25, 0.3) is 0 Å². The van der Waals surface area contributed by atoms with Crippen molar-refractivity contribution in [3.8, 4) is 11.5 Å². The first kappa shape index (κ1) is 18.6. The van der Waals surface area contributed by atoms with E-state index in [9.17, 15) is 25.0 Å². The van der Waals surface area contributed by atoms with Crippen molar-refractivity contribution in [2.45, 2.75) is 13.0 Å². The molecule has 2 aromatic carbocycles. The van der Waals surface area contributed by atoms with Crippen LogP contribution in [-0.2, 0) is 4.79 Å². The Morgan fingerprint density at radius 3 is 2.38 bits per heavy atom. The van der Waals surface area contributed by atoms with E-state index in [-0.39, 0.29) is 28.6 Å². The van der Waals surface area contributed by atoms with Gasteiger partial charge in [-0.1, -0.05) is 12.1 Å². The third-order valence-corrected chi connectivity index (χ3v) is 3.39. The molecule has 1 amide bonds. The molecule has 0 saturated carbocycles. The van der Waals surface area contributed by atoms with Crippen LogP contribution in [0.1, 0.15) is 6.92 Å². The van der Waals surface area contributed by atoms with E-state index in [1.165, 1.54) is 50.4 Å². The van der Waals surface area contributed by atoms with Crippen LogP contribution in [-0.4, -0.2) is 29.0 Å². The Bertz CT molecular complexity index is 853. The summed E-state index contributed by atoms with van der Waals surface area (Å²) in [6.45, 7) is 1.42. The number of ether oxygens (including phenoxy) is 2. The monoisotopic (exact) mass is 361 g/mol. The van der Waals surface area contributed by atoms with Gasteiger partial charge in [-0.3, -0.25) is 25.0 Å². The fraction of sp³-hybridized carbons (Fsp3) is 0.188. The number of para-hydroxylation sites is 2. The number of hydrogen-bond donors (Lipinski definition) is 1. The van der Waals surface area contributed by atoms with E-state index in [1.807, 2.05) is 0 Å². The lowest BCUT2D eigenvalue weighted by Gasteiger charge is -2.16. The summed E-state index contributed by atoms with van der Waals surface area (Å²) in [5, 5.41) is 24.3. The lowest BCUT2D eigenvalue weighted by Crippen LogP contribution is -2.30. The molecule has 0 aromatic heterocycles. The average molecular weight is 361 g/mol. The highest BCUT2D eigenvalue weighted by Crippen LogP contribution is 2.30. The standard InChI is InChI=1S/C16H15N3O7/c1-10(26-14-6-4-3-5-13(14)19(23)24)16(20)17-12-8-7-11(18(21)22)9-15(12)25-2/h3-10H,1-2H3,(H,17,20). The number of carbonyl (C=O) groups is 1. The molecule has 1 N–H and O–H groups in total. The van der Waals surface area contributed by atoms with Crippen LogP contribution in [0.5, 0.6) is 11.5 Å². The number of rotatable bonds is 7. The lowest BCUT2D eigenvalue weighted by molar-refractivity contribution is -0.386. The van der Waals surface area contributed by atoms with Gasteiger partial charge in [-0.05, 0) is 19.1 Å². The Hall–Kier alpha value is -3.69. The fourth-order valence-electron chi connectivity index (χ4n) is 2.08. The van der Waals surface area contributed by atoms with E-state index in [2.05, 4.69) is 5.32 Å². The second-order valence-corrected chi connectivity index (χ2v) is 5.12. The molecule has 26 heavy (non-hydrogen) atoms. The summed E-state index contributed by atoms with van der Waals surface area (Å²) in [7, 11) is 1.31. The van der Waals surface area contributed by atoms with Crippen LogP contribution < -0.4 is 14.8 Å². The maximum Gasteiger partial charge on any atom is 0.310 e. The number of nitrogens with zero attached hydrogens (tertiary/aromatic N) is 2. The third-order valence-electron chi connectivity index (χ3n) is 3.39. The Labute approximate surface area is 147 Å². The van der Waals surface area contributed by atoms with E-state index in [0.717, 1.165) is 0 Å². The van der Waals surface area contributed by atoms with E-state index < -0.39 is 21.9 Å². The maximum atomic E-state index is 12.3. The van der Waals surface area contributed by atoms with Gasteiger partial charge >= 0.3 is 5.69 Å². The van der Waals surface area contributed by atoms with Crippen LogP contribution >= 0.6 is 0 Å². The van der Waals surface area contributed by atoms with Crippen LogP contribution in [0.15, 0.2) is 42.5 Å². The Morgan fingerprint density at radius 2 is 1.77 bits per heavy atom. The molecule has 0 heterocycles. The van der Waals surface area contributed by atoms with Crippen molar-refractivity contribution in [2.75, 3.05) is 12.4 Å². The van der Waals surface area contributed by atoms with Gasteiger partial charge in [-0.15, -0.1) is 0 Å². The van der Waals surface area contributed by atoms with Crippen molar-refractivity contribution < 1.29 is 24.1 Å². The highest BCUT2D eigenvalue weighted by molar-refractivity contribution is 5.95. The first-order valence-corrected chi connectivity index (χ1v) is 7.37. The molecule has 0 fully saturated rings. The Morgan fingerprint density at radius 1 is 1.08 bits per heavy atom. The molecule has 0 saturated heterocycles. The first-order chi connectivity index (χ1) is 12.3. The van der Waals surface area contributed by atoms with Crippen LogP contribution in [0.2, 0.25) is 0 Å². The third kappa shape index (κ3) is 4.23. The molecule has 10 heteroatoms. The summed E-state index contributed by atoms with van der Waals surface area (Å²) in [6, 6.07) is 9.39. The number of amides is 1. The molecule has 2 rings (SSSR count). The number of benzene rings is 2. The highest BCUT2D eigenvalue weighted by atomic mass is 16.6. The predicted molar refractivity (Wildman–Crippen MR) is 91.5 cm³/mol. The molecule has 2 aromatic rings. The minimum absolute atomic E-state index is 0.0455. The molecule has 0 radical (unpaired) electrons. The Balaban J connectivity index is 2.15. The topological polar surface area (TPSA) is 134 Å². The number of methoxy groups -OCH3 is 1. The van der Waals surface area contributed by atoms with Gasteiger partial charge in [0.05, 0.1) is 28.7 Å². The summed E-state index contributed by atoms with van der Waals surface area (Å²) in [5.41, 5.74) is -0.245. The second-order valence-electron chi connectivity index (χ2n) is 5.12. The average Bonchev–Trinajstić information content (AvgIpc) is 2.61. The Kier molecular flexibility index (Phi) is 5.68. The van der Waals surface area contributed by atoms with Crippen LogP contribution in [0.3, 0.4) is 0 Å². The lowest BCUT2D eigenvalue weighted by atomic mass is 10.2. The largest absolute Gasteiger partial charge is 0.494 e. The SMILES string of the molecule is COc1cc([N+](=O)[O-])ccc1NC(=O)C(C)Oc1ccccc1[N+](=O)[O-]. The van der Waals surface area contributed by atoms with Gasteiger partial charge in [0.2, 0.25) is 0 Å². The van der Waals surface area contributed by atoms with Crippen molar-refractivity contribution in [1.82, 2.24) is 0 Å². The number of hydrogen-bond acceptors (Lipinski definition) is 7. The van der Waals surface area contributed by atoms with Crippen molar-refractivity contribution in [1.29, 1.82) is 0 Å². The summed E-state index contributed by atoms with van der Waals surface area (Å²) in [4.78, 5) is 32.9. The van der Waals surface area contributed by atoms with Gasteiger partial charge < -0.3 is 14.8 Å². The zero-order valence-electron chi connectivity index (χ0n) is 13.9. The second kappa shape index (κ2) is 7.92. The summed E-state index contributed by atoms with van der Waals surface area (Å²) >= 11 is 0. The van der Waals surface area contributed by atoms with E-state index in [0.29, 0.717) is 0 Å². The van der Waals surface area contributed by atoms with Crippen LogP contribution in [0.4, 0.5) is 17.1 Å². The van der Waals surface area contributed by atoms with Crippen LogP contribution in [0, 0.1) is 20.2 Å². The van der Waals surface area contributed by atoms with Gasteiger partial charge in [0.25, 0.3) is 11.6 Å². The van der Waals surface area contributed by atoms with Crippen molar-refractivity contribution in [2.24, 2.45) is 0 Å². The molecule has 0 bridgehead atoms. The van der Waals surface area contributed by atoms with Gasteiger partial charge in [-0.2, -0.15) is 0 Å². The molecule has 1 atom stereocenters. The fourth-order valence-corrected chi connectivity index (χ4v) is 2.08. The van der Waals surface area contributed by atoms with Gasteiger partial charge in [0.1, 0.15) is 5.75 Å². The molecule has 0 aliphatic carbocycles. The highest BCUT2D eigenvalue weighted by Gasteiger charge is 2.22. The van der Waals surface area contributed by atoms with E-state index in [4.69, 9.17) is 9.47 Å². The number of nitrogens with one attached hydrogen (secondary N) is 1. The molecular weight excluding hydrogens is 346 g/mol. The number of non-ortho nitro benzene ring substituents is 1. The number of carbonyl (C=O) groups excluding carboxylic acids is 1. The molecule has 0 aliphatic rings. The molecular formula is C16H15N3O7. The summed E-state index contributed by atoms with van der Waals surface area (Å²) in [6.07, 6.45) is -1.06. The van der Waals surface area contributed by atoms with Gasteiger partial charge in [0, 0.05) is 12.1 Å². The normalized spacial score (nSPS) is 11.3. The molecule has 0 aliphatic heterocycles.